The van der Waals surface area contributed by atoms with E-state index in [4.69, 9.17) is 0 Å². The van der Waals surface area contributed by atoms with Crippen molar-refractivity contribution in [1.82, 2.24) is 0 Å². The van der Waals surface area contributed by atoms with E-state index in [0.717, 1.165) is 0 Å². The fourth-order valence-corrected chi connectivity index (χ4v) is 4.16. The van der Waals surface area contributed by atoms with E-state index in [9.17, 15) is 0 Å². The molecule has 20 heavy (non-hydrogen) atoms. The van der Waals surface area contributed by atoms with Crippen LogP contribution in [0.4, 0.5) is 0 Å². The zero-order valence-corrected chi connectivity index (χ0v) is 13.4. The SMILES string of the molecule is C[I-]c1ccc2c3ccccc3c3ccccc3c2c1. The molecule has 0 saturated heterocycles. The van der Waals surface area contributed by atoms with Crippen molar-refractivity contribution in [2.75, 3.05) is 4.93 Å². The molecule has 4 aromatic carbocycles. The standard InChI is InChI=1S/C19H14I/c1-20-13-10-11-18-16-8-3-2-6-14(16)15-7-4-5-9-17(15)19(18)12-13/h2-12H,1H3/q-1. The average molecular weight is 369 g/mol. The molecule has 0 atom stereocenters. The van der Waals surface area contributed by atoms with E-state index in [1.165, 1.54) is 35.9 Å². The van der Waals surface area contributed by atoms with Gasteiger partial charge in [0.15, 0.2) is 0 Å². The molecule has 0 aliphatic rings. The van der Waals surface area contributed by atoms with Crippen LogP contribution in [-0.2, 0) is 0 Å². The molecule has 0 saturated carbocycles. The van der Waals surface area contributed by atoms with Gasteiger partial charge in [0.05, 0.1) is 0 Å². The Labute approximate surface area is 128 Å². The molecule has 0 bridgehead atoms. The number of hydrogen-bond donors (Lipinski definition) is 0. The zero-order valence-electron chi connectivity index (χ0n) is 11.2. The van der Waals surface area contributed by atoms with Gasteiger partial charge in [0.1, 0.15) is 0 Å². The number of hydrogen-bond acceptors (Lipinski definition) is 0. The van der Waals surface area contributed by atoms with Crippen molar-refractivity contribution in [3.05, 3.63) is 70.3 Å². The summed E-state index contributed by atoms with van der Waals surface area (Å²) in [6, 6.07) is 24.5. The second-order valence-electron chi connectivity index (χ2n) is 4.97. The van der Waals surface area contributed by atoms with E-state index in [1.54, 1.807) is 0 Å². The van der Waals surface area contributed by atoms with E-state index in [1.807, 2.05) is 0 Å². The van der Waals surface area contributed by atoms with Gasteiger partial charge in [-0.2, -0.15) is 0 Å². The van der Waals surface area contributed by atoms with Gasteiger partial charge >= 0.3 is 129 Å². The quantitative estimate of drug-likeness (QED) is 0.274. The maximum atomic E-state index is 2.40. The van der Waals surface area contributed by atoms with E-state index >= 15 is 0 Å². The second kappa shape index (κ2) is 4.74. The van der Waals surface area contributed by atoms with Gasteiger partial charge in [-0.1, -0.05) is 0 Å². The Morgan fingerprint density at radius 1 is 0.550 bits per heavy atom. The number of fused-ring (bicyclic) bond motifs is 6. The van der Waals surface area contributed by atoms with Gasteiger partial charge in [0, 0.05) is 0 Å². The van der Waals surface area contributed by atoms with Crippen LogP contribution in [0.1, 0.15) is 0 Å². The minimum atomic E-state index is 0.134. The van der Waals surface area contributed by atoms with Crippen LogP contribution in [0, 0.1) is 3.57 Å². The molecular weight excluding hydrogens is 355 g/mol. The Bertz CT molecular complexity index is 903. The molecular formula is C19H14I-. The van der Waals surface area contributed by atoms with Gasteiger partial charge in [-0.3, -0.25) is 0 Å². The first-order chi connectivity index (χ1) is 9.88. The van der Waals surface area contributed by atoms with Crippen molar-refractivity contribution in [3.63, 3.8) is 0 Å². The molecule has 4 aromatic rings. The van der Waals surface area contributed by atoms with Gasteiger partial charge < -0.3 is 0 Å². The summed E-state index contributed by atoms with van der Waals surface area (Å²) >= 11 is 0.134. The topological polar surface area (TPSA) is 0 Å². The Hall–Kier alpha value is -1.61. The molecule has 0 radical (unpaired) electrons. The summed E-state index contributed by atoms with van der Waals surface area (Å²) < 4.78 is 1.51. The minimum absolute atomic E-state index is 0.134. The molecule has 4 rings (SSSR count). The monoisotopic (exact) mass is 369 g/mol. The van der Waals surface area contributed by atoms with Crippen LogP contribution >= 0.6 is 0 Å². The van der Waals surface area contributed by atoms with Crippen molar-refractivity contribution in [3.8, 4) is 0 Å². The average Bonchev–Trinajstić information content (AvgIpc) is 2.54. The van der Waals surface area contributed by atoms with Crippen LogP contribution < -0.4 is 21.2 Å². The molecule has 0 nitrogen and oxygen atoms in total. The van der Waals surface area contributed by atoms with Crippen LogP contribution in [0.25, 0.3) is 32.3 Å². The molecule has 0 spiro atoms. The summed E-state index contributed by atoms with van der Waals surface area (Å²) in [5, 5.41) is 8.23. The molecule has 0 aliphatic carbocycles. The molecule has 0 aliphatic heterocycles. The first kappa shape index (κ1) is 12.2. The van der Waals surface area contributed by atoms with Gasteiger partial charge in [0.25, 0.3) is 0 Å². The van der Waals surface area contributed by atoms with Crippen LogP contribution in [0.2, 0.25) is 0 Å². The summed E-state index contributed by atoms with van der Waals surface area (Å²) in [6.07, 6.45) is 0. The van der Waals surface area contributed by atoms with E-state index in [2.05, 4.69) is 71.7 Å². The fourth-order valence-electron chi connectivity index (χ4n) is 3.00. The summed E-state index contributed by atoms with van der Waals surface area (Å²) in [7, 11) is 0. The number of alkyl halides is 1. The summed E-state index contributed by atoms with van der Waals surface area (Å²) in [4.78, 5) is 2.32. The van der Waals surface area contributed by atoms with Crippen LogP contribution in [0.15, 0.2) is 66.7 Å². The van der Waals surface area contributed by atoms with Gasteiger partial charge in [-0.25, -0.2) is 0 Å². The molecule has 98 valence electrons. The van der Waals surface area contributed by atoms with Crippen molar-refractivity contribution in [1.29, 1.82) is 0 Å². The number of benzene rings is 4. The number of halogens is 1. The Balaban J connectivity index is 2.35. The third kappa shape index (κ3) is 1.73. The van der Waals surface area contributed by atoms with Crippen LogP contribution in [-0.4, -0.2) is 4.93 Å². The predicted molar refractivity (Wildman–Crippen MR) is 83.6 cm³/mol. The van der Waals surface area contributed by atoms with Crippen molar-refractivity contribution >= 4 is 32.3 Å². The third-order valence-electron chi connectivity index (χ3n) is 3.92. The fraction of sp³-hybridized carbons (Fsp3) is 0.0526. The van der Waals surface area contributed by atoms with Gasteiger partial charge in [0.2, 0.25) is 0 Å². The predicted octanol–water partition coefficient (Wildman–Crippen LogP) is 2.03. The Morgan fingerprint density at radius 3 is 1.50 bits per heavy atom. The van der Waals surface area contributed by atoms with Crippen molar-refractivity contribution in [2.45, 2.75) is 0 Å². The van der Waals surface area contributed by atoms with Crippen molar-refractivity contribution < 1.29 is 21.2 Å². The molecule has 0 heterocycles. The van der Waals surface area contributed by atoms with Gasteiger partial charge in [-0.05, 0) is 0 Å². The summed E-state index contributed by atoms with van der Waals surface area (Å²) in [6.45, 7) is 0. The first-order valence-corrected chi connectivity index (χ1v) is 9.95. The molecule has 0 fully saturated rings. The van der Waals surface area contributed by atoms with Gasteiger partial charge in [-0.15, -0.1) is 0 Å². The molecule has 0 unspecified atom stereocenters. The Kier molecular flexibility index (Phi) is 2.88. The Morgan fingerprint density at radius 2 is 1.00 bits per heavy atom. The van der Waals surface area contributed by atoms with Crippen LogP contribution in [0.3, 0.4) is 0 Å². The van der Waals surface area contributed by atoms with Crippen LogP contribution in [0.5, 0.6) is 0 Å². The van der Waals surface area contributed by atoms with E-state index in [-0.39, 0.29) is 21.2 Å². The number of rotatable bonds is 1. The molecule has 0 N–H and O–H groups in total. The molecule has 0 amide bonds. The normalized spacial score (nSPS) is 11.7. The summed E-state index contributed by atoms with van der Waals surface area (Å²) in [5.74, 6) is 0. The molecule has 1 heteroatoms. The molecule has 0 aromatic heterocycles. The van der Waals surface area contributed by atoms with E-state index in [0.29, 0.717) is 0 Å². The zero-order chi connectivity index (χ0) is 13.5. The van der Waals surface area contributed by atoms with Crippen molar-refractivity contribution in [2.24, 2.45) is 0 Å². The van der Waals surface area contributed by atoms with E-state index < -0.39 is 0 Å². The third-order valence-corrected chi connectivity index (χ3v) is 5.84. The summed E-state index contributed by atoms with van der Waals surface area (Å²) in [5.41, 5.74) is 0. The first-order valence-electron chi connectivity index (χ1n) is 6.71. The second-order valence-corrected chi connectivity index (χ2v) is 7.29. The maximum absolute atomic E-state index is 2.40.